The van der Waals surface area contributed by atoms with Crippen molar-refractivity contribution in [3.63, 3.8) is 0 Å². The zero-order valence-corrected chi connectivity index (χ0v) is 10.9. The molecule has 1 N–H and O–H groups in total. The van der Waals surface area contributed by atoms with E-state index in [0.717, 1.165) is 5.69 Å². The molecule has 0 amide bonds. The topological polar surface area (TPSA) is 63.6 Å². The molecular weight excluding hydrogens is 256 g/mol. The van der Waals surface area contributed by atoms with E-state index in [-0.39, 0.29) is 0 Å². The lowest BCUT2D eigenvalue weighted by atomic mass is 10.3. The van der Waals surface area contributed by atoms with Crippen molar-refractivity contribution in [2.24, 2.45) is 0 Å². The van der Waals surface area contributed by atoms with Crippen LogP contribution in [0.15, 0.2) is 24.4 Å². The molecule has 0 bridgehead atoms. The SMILES string of the molecule is CS(=O)CCn1c(-c2ccccn2)n[nH]c1=S. The Morgan fingerprint density at radius 1 is 1.53 bits per heavy atom. The van der Waals surface area contributed by atoms with E-state index in [0.29, 0.717) is 22.9 Å². The summed E-state index contributed by atoms with van der Waals surface area (Å²) < 4.78 is 13.5. The van der Waals surface area contributed by atoms with Crippen LogP contribution >= 0.6 is 12.2 Å². The van der Waals surface area contributed by atoms with Crippen molar-refractivity contribution < 1.29 is 4.21 Å². The van der Waals surface area contributed by atoms with E-state index in [4.69, 9.17) is 12.2 Å². The second kappa shape index (κ2) is 5.33. The van der Waals surface area contributed by atoms with Crippen LogP contribution in [0.3, 0.4) is 0 Å². The third-order valence-corrected chi connectivity index (χ3v) is 3.32. The van der Waals surface area contributed by atoms with Crippen LogP contribution in [0.5, 0.6) is 0 Å². The standard InChI is InChI=1S/C10H12N4OS2/c1-17(15)7-6-14-9(12-13-10(14)16)8-4-2-3-5-11-8/h2-5H,6-7H2,1H3,(H,13,16). The number of hydrogen-bond donors (Lipinski definition) is 1. The first kappa shape index (κ1) is 12.1. The second-order valence-electron chi connectivity index (χ2n) is 3.50. The Balaban J connectivity index is 2.36. The van der Waals surface area contributed by atoms with Gasteiger partial charge in [0.2, 0.25) is 0 Å². The highest BCUT2D eigenvalue weighted by Crippen LogP contribution is 2.13. The molecule has 2 heterocycles. The predicted molar refractivity (Wildman–Crippen MR) is 69.6 cm³/mol. The molecule has 0 saturated heterocycles. The van der Waals surface area contributed by atoms with Crippen molar-refractivity contribution in [1.82, 2.24) is 19.7 Å². The van der Waals surface area contributed by atoms with Gasteiger partial charge in [-0.05, 0) is 24.4 Å². The van der Waals surface area contributed by atoms with Gasteiger partial charge in [0.1, 0.15) is 5.69 Å². The average molecular weight is 268 g/mol. The van der Waals surface area contributed by atoms with Crippen LogP contribution < -0.4 is 0 Å². The minimum absolute atomic E-state index is 0.524. The van der Waals surface area contributed by atoms with Crippen LogP contribution in [-0.2, 0) is 17.3 Å². The molecule has 5 nitrogen and oxygen atoms in total. The minimum Gasteiger partial charge on any atom is -0.298 e. The van der Waals surface area contributed by atoms with Crippen LogP contribution in [0.1, 0.15) is 0 Å². The molecule has 2 rings (SSSR count). The zero-order valence-electron chi connectivity index (χ0n) is 9.29. The lowest BCUT2D eigenvalue weighted by Crippen LogP contribution is -2.08. The molecule has 7 heteroatoms. The van der Waals surface area contributed by atoms with Crippen molar-refractivity contribution in [2.75, 3.05) is 12.0 Å². The van der Waals surface area contributed by atoms with E-state index in [1.807, 2.05) is 22.8 Å². The van der Waals surface area contributed by atoms with Gasteiger partial charge in [0.15, 0.2) is 10.6 Å². The van der Waals surface area contributed by atoms with E-state index in [9.17, 15) is 4.21 Å². The molecule has 0 aliphatic heterocycles. The molecular formula is C10H12N4OS2. The highest BCUT2D eigenvalue weighted by molar-refractivity contribution is 7.84. The highest BCUT2D eigenvalue weighted by Gasteiger charge is 2.09. The zero-order chi connectivity index (χ0) is 12.3. The Morgan fingerprint density at radius 2 is 2.35 bits per heavy atom. The van der Waals surface area contributed by atoms with Crippen LogP contribution in [-0.4, -0.2) is 36.0 Å². The summed E-state index contributed by atoms with van der Waals surface area (Å²) >= 11 is 5.14. The molecule has 0 saturated carbocycles. The van der Waals surface area contributed by atoms with E-state index >= 15 is 0 Å². The van der Waals surface area contributed by atoms with Gasteiger partial charge in [-0.1, -0.05) is 6.07 Å². The van der Waals surface area contributed by atoms with Crippen molar-refractivity contribution in [3.8, 4) is 11.5 Å². The number of nitrogens with one attached hydrogen (secondary N) is 1. The minimum atomic E-state index is -0.852. The smallest absolute Gasteiger partial charge is 0.195 e. The predicted octanol–water partition coefficient (Wildman–Crippen LogP) is 1.38. The van der Waals surface area contributed by atoms with Crippen LogP contribution in [0.25, 0.3) is 11.5 Å². The molecule has 90 valence electrons. The largest absolute Gasteiger partial charge is 0.298 e. The number of aromatic amines is 1. The van der Waals surface area contributed by atoms with Gasteiger partial charge in [-0.15, -0.1) is 0 Å². The molecule has 0 aliphatic carbocycles. The Morgan fingerprint density at radius 3 is 3.00 bits per heavy atom. The summed E-state index contributed by atoms with van der Waals surface area (Å²) in [6.45, 7) is 0.574. The molecule has 0 fully saturated rings. The summed E-state index contributed by atoms with van der Waals surface area (Å²) in [5.41, 5.74) is 0.752. The molecule has 0 radical (unpaired) electrons. The number of nitrogens with zero attached hydrogens (tertiary/aromatic N) is 3. The molecule has 2 aromatic heterocycles. The van der Waals surface area contributed by atoms with E-state index in [1.165, 1.54) is 0 Å². The maximum atomic E-state index is 11.1. The monoisotopic (exact) mass is 268 g/mol. The number of H-pyrrole nitrogens is 1. The van der Waals surface area contributed by atoms with Crippen molar-refractivity contribution >= 4 is 23.0 Å². The first-order valence-corrected chi connectivity index (χ1v) is 7.18. The maximum absolute atomic E-state index is 11.1. The number of pyridine rings is 1. The van der Waals surface area contributed by atoms with E-state index in [1.54, 1.807) is 12.5 Å². The third-order valence-electron chi connectivity index (χ3n) is 2.25. The Hall–Kier alpha value is -1.34. The fraction of sp³-hybridized carbons (Fsp3) is 0.300. The van der Waals surface area contributed by atoms with Gasteiger partial charge < -0.3 is 0 Å². The third kappa shape index (κ3) is 2.86. The molecule has 2 aromatic rings. The van der Waals surface area contributed by atoms with Crippen molar-refractivity contribution in [3.05, 3.63) is 29.2 Å². The second-order valence-corrected chi connectivity index (χ2v) is 5.44. The van der Waals surface area contributed by atoms with Gasteiger partial charge in [0, 0.05) is 35.5 Å². The summed E-state index contributed by atoms with van der Waals surface area (Å²) in [7, 11) is -0.852. The van der Waals surface area contributed by atoms with Gasteiger partial charge in [-0.2, -0.15) is 5.10 Å². The number of hydrogen-bond acceptors (Lipinski definition) is 4. The van der Waals surface area contributed by atoms with E-state index < -0.39 is 10.8 Å². The summed E-state index contributed by atoms with van der Waals surface area (Å²) in [6, 6.07) is 5.60. The summed E-state index contributed by atoms with van der Waals surface area (Å²) in [5.74, 6) is 1.23. The number of aromatic nitrogens is 4. The lowest BCUT2D eigenvalue weighted by Gasteiger charge is -2.04. The van der Waals surface area contributed by atoms with Gasteiger partial charge in [0.05, 0.1) is 0 Å². The molecule has 1 unspecified atom stereocenters. The quantitative estimate of drug-likeness (QED) is 0.851. The Kier molecular flexibility index (Phi) is 3.80. The van der Waals surface area contributed by atoms with Gasteiger partial charge in [0.25, 0.3) is 0 Å². The fourth-order valence-corrected chi connectivity index (χ4v) is 2.10. The average Bonchev–Trinajstić information content (AvgIpc) is 2.69. The van der Waals surface area contributed by atoms with Gasteiger partial charge >= 0.3 is 0 Å². The Labute approximate surface area is 106 Å². The molecule has 0 aliphatic rings. The first-order chi connectivity index (χ1) is 8.18. The maximum Gasteiger partial charge on any atom is 0.195 e. The molecule has 0 aromatic carbocycles. The molecule has 1 atom stereocenters. The van der Waals surface area contributed by atoms with Crippen LogP contribution in [0, 0.1) is 4.77 Å². The van der Waals surface area contributed by atoms with Crippen LogP contribution in [0.4, 0.5) is 0 Å². The van der Waals surface area contributed by atoms with Crippen molar-refractivity contribution in [1.29, 1.82) is 0 Å². The Bertz CT molecular complexity index is 575. The summed E-state index contributed by atoms with van der Waals surface area (Å²) in [6.07, 6.45) is 3.37. The van der Waals surface area contributed by atoms with Gasteiger partial charge in [-0.25, -0.2) is 0 Å². The summed E-state index contributed by atoms with van der Waals surface area (Å²) in [4.78, 5) is 4.22. The normalized spacial score (nSPS) is 12.5. The molecule has 0 spiro atoms. The number of rotatable bonds is 4. The highest BCUT2D eigenvalue weighted by atomic mass is 32.2. The molecule has 17 heavy (non-hydrogen) atoms. The lowest BCUT2D eigenvalue weighted by molar-refractivity contribution is 0.676. The van der Waals surface area contributed by atoms with Crippen molar-refractivity contribution in [2.45, 2.75) is 6.54 Å². The van der Waals surface area contributed by atoms with Crippen LogP contribution in [0.2, 0.25) is 0 Å². The van der Waals surface area contributed by atoms with E-state index in [2.05, 4.69) is 15.2 Å². The fourth-order valence-electron chi connectivity index (χ4n) is 1.44. The van der Waals surface area contributed by atoms with Gasteiger partial charge in [-0.3, -0.25) is 18.9 Å². The first-order valence-electron chi connectivity index (χ1n) is 5.05. The summed E-state index contributed by atoms with van der Waals surface area (Å²) in [5, 5.41) is 6.88.